The Kier molecular flexibility index (Phi) is 2.67. The monoisotopic (exact) mass is 283 g/mol. The topological polar surface area (TPSA) is 39.9 Å². The summed E-state index contributed by atoms with van der Waals surface area (Å²) in [6.45, 7) is 0. The van der Waals surface area contributed by atoms with Gasteiger partial charge in [0.05, 0.1) is 28.9 Å². The molecule has 0 N–H and O–H groups in total. The third-order valence-corrected chi connectivity index (χ3v) is 3.71. The van der Waals surface area contributed by atoms with E-state index >= 15 is 0 Å². The Bertz CT molecular complexity index is 824. The molecule has 5 heteroatoms. The van der Waals surface area contributed by atoms with Gasteiger partial charge in [-0.25, -0.2) is 9.37 Å². The number of pyridine rings is 1. The van der Waals surface area contributed by atoms with Gasteiger partial charge in [0.2, 0.25) is 0 Å². The fraction of sp³-hybridized carbons (Fsp3) is 0.250. The first-order valence-electron chi connectivity index (χ1n) is 6.96. The van der Waals surface area contributed by atoms with Crippen molar-refractivity contribution in [1.29, 1.82) is 0 Å². The molecule has 0 radical (unpaired) electrons. The van der Waals surface area contributed by atoms with Gasteiger partial charge in [-0.05, 0) is 31.0 Å². The predicted molar refractivity (Wildman–Crippen MR) is 77.6 cm³/mol. The highest BCUT2D eigenvalue weighted by Crippen LogP contribution is 2.33. The third kappa shape index (κ3) is 2.05. The van der Waals surface area contributed by atoms with Crippen LogP contribution in [0.2, 0.25) is 0 Å². The number of fused-ring (bicyclic) bond motifs is 1. The number of nitrogens with zero attached hydrogens (tertiary/aromatic N) is 3. The molecule has 21 heavy (non-hydrogen) atoms. The zero-order valence-electron chi connectivity index (χ0n) is 11.6. The van der Waals surface area contributed by atoms with Gasteiger partial charge < -0.3 is 9.30 Å². The zero-order valence-corrected chi connectivity index (χ0v) is 11.6. The summed E-state index contributed by atoms with van der Waals surface area (Å²) in [5.41, 5.74) is 2.13. The number of ether oxygens (including phenoxy) is 1. The van der Waals surface area contributed by atoms with Crippen LogP contribution in [-0.4, -0.2) is 20.6 Å². The van der Waals surface area contributed by atoms with E-state index in [0.717, 1.165) is 23.9 Å². The highest BCUT2D eigenvalue weighted by molar-refractivity contribution is 5.79. The Hall–Kier alpha value is -2.43. The maximum atomic E-state index is 14.7. The van der Waals surface area contributed by atoms with Crippen LogP contribution in [0.5, 0.6) is 5.75 Å². The van der Waals surface area contributed by atoms with E-state index in [2.05, 4.69) is 9.97 Å². The van der Waals surface area contributed by atoms with Crippen LogP contribution >= 0.6 is 0 Å². The number of hydrogen-bond acceptors (Lipinski definition) is 3. The molecule has 2 heterocycles. The Morgan fingerprint density at radius 2 is 2.14 bits per heavy atom. The molecule has 4 rings (SSSR count). The van der Waals surface area contributed by atoms with Crippen molar-refractivity contribution in [1.82, 2.24) is 14.5 Å². The van der Waals surface area contributed by atoms with E-state index in [-0.39, 0.29) is 11.9 Å². The van der Waals surface area contributed by atoms with Gasteiger partial charge in [-0.15, -0.1) is 0 Å². The summed E-state index contributed by atoms with van der Waals surface area (Å²) in [5.74, 6) is 0.535. The first-order valence-corrected chi connectivity index (χ1v) is 6.96. The molecule has 0 amide bonds. The fourth-order valence-electron chi connectivity index (χ4n) is 2.42. The maximum Gasteiger partial charge on any atom is 0.176 e. The van der Waals surface area contributed by atoms with Crippen LogP contribution in [0.15, 0.2) is 36.7 Å². The minimum atomic E-state index is -0.351. The van der Waals surface area contributed by atoms with E-state index in [4.69, 9.17) is 4.74 Å². The van der Waals surface area contributed by atoms with Gasteiger partial charge >= 0.3 is 0 Å². The van der Waals surface area contributed by atoms with E-state index in [1.54, 1.807) is 30.6 Å². The molecule has 0 aliphatic heterocycles. The van der Waals surface area contributed by atoms with Crippen LogP contribution in [0, 0.1) is 5.82 Å². The van der Waals surface area contributed by atoms with Crippen molar-refractivity contribution in [2.24, 2.45) is 7.05 Å². The smallest absolute Gasteiger partial charge is 0.176 e. The fourth-order valence-corrected chi connectivity index (χ4v) is 2.42. The van der Waals surface area contributed by atoms with Crippen molar-refractivity contribution < 1.29 is 9.13 Å². The maximum absolute atomic E-state index is 14.7. The summed E-state index contributed by atoms with van der Waals surface area (Å²) in [6.07, 6.45) is 5.58. The number of hydrogen-bond donors (Lipinski definition) is 0. The molecule has 0 saturated heterocycles. The van der Waals surface area contributed by atoms with Gasteiger partial charge in [0.25, 0.3) is 0 Å². The average molecular weight is 283 g/mol. The molecule has 0 unspecified atom stereocenters. The molecular weight excluding hydrogens is 269 g/mol. The van der Waals surface area contributed by atoms with Crippen molar-refractivity contribution in [3.8, 4) is 17.1 Å². The number of aromatic nitrogens is 3. The Morgan fingerprint density at radius 1 is 1.29 bits per heavy atom. The van der Waals surface area contributed by atoms with Crippen LogP contribution in [0.25, 0.3) is 22.4 Å². The van der Waals surface area contributed by atoms with Crippen LogP contribution in [0.4, 0.5) is 4.39 Å². The number of aryl methyl sites for hydroxylation is 1. The summed E-state index contributed by atoms with van der Waals surface area (Å²) < 4.78 is 22.1. The van der Waals surface area contributed by atoms with Gasteiger partial charge in [-0.1, -0.05) is 6.07 Å². The standard InChI is InChI=1S/C16H14FN3O/c1-20-13-9-18-8-7-12(13)19-16(20)11-3-2-4-14(15(11)17)21-10-5-6-10/h2-4,7-10H,5-6H2,1H3. The lowest BCUT2D eigenvalue weighted by Gasteiger charge is -2.09. The highest BCUT2D eigenvalue weighted by Gasteiger charge is 2.26. The van der Waals surface area contributed by atoms with Gasteiger partial charge in [0.1, 0.15) is 5.82 Å². The SMILES string of the molecule is Cn1c(-c2cccc(OC3CC3)c2F)nc2ccncc21. The molecule has 1 aliphatic rings. The molecule has 1 saturated carbocycles. The zero-order chi connectivity index (χ0) is 14.4. The van der Waals surface area contributed by atoms with E-state index in [0.29, 0.717) is 17.1 Å². The van der Waals surface area contributed by atoms with Crippen molar-refractivity contribution in [2.75, 3.05) is 0 Å². The number of halogens is 1. The number of imidazole rings is 1. The highest BCUT2D eigenvalue weighted by atomic mass is 19.1. The molecular formula is C16H14FN3O. The van der Waals surface area contributed by atoms with Crippen LogP contribution in [0.3, 0.4) is 0 Å². The minimum absolute atomic E-state index is 0.166. The van der Waals surface area contributed by atoms with Gasteiger partial charge in [-0.2, -0.15) is 0 Å². The molecule has 0 spiro atoms. The third-order valence-electron chi connectivity index (χ3n) is 3.71. The number of rotatable bonds is 3. The second-order valence-electron chi connectivity index (χ2n) is 5.29. The van der Waals surface area contributed by atoms with Crippen molar-refractivity contribution >= 4 is 11.0 Å². The predicted octanol–water partition coefficient (Wildman–Crippen LogP) is 3.32. The summed E-state index contributed by atoms with van der Waals surface area (Å²) in [6, 6.07) is 7.01. The lowest BCUT2D eigenvalue weighted by Crippen LogP contribution is -2.01. The molecule has 4 nitrogen and oxygen atoms in total. The summed E-state index contributed by atoms with van der Waals surface area (Å²) in [7, 11) is 1.86. The van der Waals surface area contributed by atoms with Crippen LogP contribution in [-0.2, 0) is 7.05 Å². The average Bonchev–Trinajstić information content (AvgIpc) is 3.25. The largest absolute Gasteiger partial charge is 0.487 e. The molecule has 1 aromatic carbocycles. The van der Waals surface area contributed by atoms with E-state index < -0.39 is 0 Å². The van der Waals surface area contributed by atoms with Gasteiger partial charge in [0.15, 0.2) is 11.6 Å². The van der Waals surface area contributed by atoms with Gasteiger partial charge in [0, 0.05) is 13.2 Å². The Morgan fingerprint density at radius 3 is 2.90 bits per heavy atom. The lowest BCUT2D eigenvalue weighted by atomic mass is 10.2. The first-order chi connectivity index (χ1) is 10.2. The second kappa shape index (κ2) is 4.55. The van der Waals surface area contributed by atoms with Crippen molar-refractivity contribution in [3.05, 3.63) is 42.5 Å². The Balaban J connectivity index is 1.86. The molecule has 2 aromatic heterocycles. The Labute approximate surface area is 121 Å². The summed E-state index contributed by atoms with van der Waals surface area (Å²) in [5, 5.41) is 0. The van der Waals surface area contributed by atoms with Crippen molar-refractivity contribution in [3.63, 3.8) is 0 Å². The second-order valence-corrected chi connectivity index (χ2v) is 5.29. The van der Waals surface area contributed by atoms with Gasteiger partial charge in [-0.3, -0.25) is 4.98 Å². The molecule has 3 aromatic rings. The minimum Gasteiger partial charge on any atom is -0.487 e. The molecule has 0 atom stereocenters. The quantitative estimate of drug-likeness (QED) is 0.740. The number of benzene rings is 1. The van der Waals surface area contributed by atoms with E-state index in [9.17, 15) is 4.39 Å². The summed E-state index contributed by atoms with van der Waals surface area (Å²) in [4.78, 5) is 8.60. The molecule has 0 bridgehead atoms. The normalized spacial score (nSPS) is 14.6. The lowest BCUT2D eigenvalue weighted by molar-refractivity contribution is 0.288. The first kappa shape index (κ1) is 12.3. The molecule has 106 valence electrons. The molecule has 1 fully saturated rings. The van der Waals surface area contributed by atoms with Crippen LogP contribution in [0.1, 0.15) is 12.8 Å². The van der Waals surface area contributed by atoms with Crippen LogP contribution < -0.4 is 4.74 Å². The summed E-state index contributed by atoms with van der Waals surface area (Å²) >= 11 is 0. The van der Waals surface area contributed by atoms with E-state index in [1.165, 1.54) is 0 Å². The van der Waals surface area contributed by atoms with Crippen molar-refractivity contribution in [2.45, 2.75) is 18.9 Å². The van der Waals surface area contributed by atoms with E-state index in [1.807, 2.05) is 17.7 Å². The molecule has 1 aliphatic carbocycles.